The number of hydrogen-bond acceptors (Lipinski definition) is 5. The molecule has 0 amide bonds. The number of nitrogens with zero attached hydrogens (tertiary/aromatic N) is 2. The van der Waals surface area contributed by atoms with Gasteiger partial charge in [-0.1, -0.05) is 0 Å². The highest BCUT2D eigenvalue weighted by Crippen LogP contribution is 2.22. The molecule has 0 radical (unpaired) electrons. The van der Waals surface area contributed by atoms with Gasteiger partial charge in [0.15, 0.2) is 23.3 Å². The monoisotopic (exact) mass is 255 g/mol. The van der Waals surface area contributed by atoms with Crippen molar-refractivity contribution in [3.8, 4) is 0 Å². The van der Waals surface area contributed by atoms with Crippen molar-refractivity contribution in [2.45, 2.75) is 0 Å². The summed E-state index contributed by atoms with van der Waals surface area (Å²) in [6.45, 7) is 0. The van der Waals surface area contributed by atoms with Gasteiger partial charge in [0, 0.05) is 12.1 Å². The summed E-state index contributed by atoms with van der Waals surface area (Å²) in [5.41, 5.74) is 1.86. The number of hydrogen-bond donors (Lipinski definition) is 3. The lowest BCUT2D eigenvalue weighted by Crippen LogP contribution is -2.10. The number of nitrogens with two attached hydrogens (primary N) is 1. The molecule has 5 nitrogen and oxygen atoms in total. The molecule has 0 fully saturated rings. The van der Waals surface area contributed by atoms with Crippen LogP contribution in [0.1, 0.15) is 0 Å². The van der Waals surface area contributed by atoms with E-state index < -0.39 is 17.5 Å². The van der Waals surface area contributed by atoms with Crippen LogP contribution >= 0.6 is 0 Å². The molecule has 4 N–H and O–H groups in total. The average Bonchev–Trinajstić information content (AvgIpc) is 2.35. The highest BCUT2D eigenvalue weighted by molar-refractivity contribution is 5.57. The van der Waals surface area contributed by atoms with Gasteiger partial charge >= 0.3 is 0 Å². The summed E-state index contributed by atoms with van der Waals surface area (Å²) in [6.07, 6.45) is 2.58. The third-order valence-electron chi connectivity index (χ3n) is 2.04. The Morgan fingerprint density at radius 3 is 2.50 bits per heavy atom. The van der Waals surface area contributed by atoms with E-state index in [0.717, 1.165) is 6.07 Å². The second kappa shape index (κ2) is 4.88. The molecular weight excluding hydrogens is 247 g/mol. The lowest BCUT2D eigenvalue weighted by molar-refractivity contribution is 0.498. The van der Waals surface area contributed by atoms with Crippen molar-refractivity contribution in [1.82, 2.24) is 9.97 Å². The van der Waals surface area contributed by atoms with Gasteiger partial charge in [-0.3, -0.25) is 4.98 Å². The molecule has 0 aliphatic heterocycles. The molecule has 2 aromatic rings. The van der Waals surface area contributed by atoms with Crippen LogP contribution in [0.15, 0.2) is 24.5 Å². The molecule has 0 atom stereocenters. The Hall–Kier alpha value is -2.35. The smallest absolute Gasteiger partial charge is 0.182 e. The third kappa shape index (κ3) is 2.48. The van der Waals surface area contributed by atoms with E-state index in [1.165, 1.54) is 12.4 Å². The van der Waals surface area contributed by atoms with E-state index in [9.17, 15) is 13.2 Å². The number of anilines is 3. The van der Waals surface area contributed by atoms with Crippen LogP contribution in [0.5, 0.6) is 0 Å². The van der Waals surface area contributed by atoms with Crippen LogP contribution in [-0.2, 0) is 0 Å². The Balaban J connectivity index is 2.33. The molecule has 94 valence electrons. The minimum absolute atomic E-state index is 0.0920. The van der Waals surface area contributed by atoms with Crippen LogP contribution in [0.4, 0.5) is 30.5 Å². The molecule has 0 saturated carbocycles. The zero-order valence-corrected chi connectivity index (χ0v) is 8.92. The van der Waals surface area contributed by atoms with E-state index >= 15 is 0 Å². The van der Waals surface area contributed by atoms with Gasteiger partial charge < -0.3 is 10.7 Å². The number of nitrogens with one attached hydrogen (secondary N) is 2. The molecule has 1 aromatic carbocycles. The van der Waals surface area contributed by atoms with Crippen molar-refractivity contribution in [2.75, 3.05) is 10.7 Å². The van der Waals surface area contributed by atoms with E-state index in [-0.39, 0.29) is 17.3 Å². The maximum atomic E-state index is 13.4. The van der Waals surface area contributed by atoms with Crippen molar-refractivity contribution in [3.63, 3.8) is 0 Å². The largest absolute Gasteiger partial charge is 0.336 e. The normalized spacial score (nSPS) is 10.2. The van der Waals surface area contributed by atoms with E-state index in [2.05, 4.69) is 20.7 Å². The molecule has 1 aromatic heterocycles. The molecule has 0 aliphatic carbocycles. The van der Waals surface area contributed by atoms with Crippen molar-refractivity contribution in [3.05, 3.63) is 42.0 Å². The van der Waals surface area contributed by atoms with Crippen LogP contribution in [-0.4, -0.2) is 9.97 Å². The van der Waals surface area contributed by atoms with Crippen LogP contribution in [0.3, 0.4) is 0 Å². The molecule has 0 bridgehead atoms. The molecular formula is C10H8F3N5. The maximum Gasteiger partial charge on any atom is 0.182 e. The number of hydrazine groups is 1. The average molecular weight is 255 g/mol. The van der Waals surface area contributed by atoms with Crippen LogP contribution in [0, 0.1) is 17.5 Å². The van der Waals surface area contributed by atoms with Crippen LogP contribution in [0.2, 0.25) is 0 Å². The van der Waals surface area contributed by atoms with Crippen LogP contribution in [0.25, 0.3) is 0 Å². The summed E-state index contributed by atoms with van der Waals surface area (Å²) in [5.74, 6) is 2.03. The van der Waals surface area contributed by atoms with E-state index in [4.69, 9.17) is 5.84 Å². The zero-order chi connectivity index (χ0) is 13.1. The highest BCUT2D eigenvalue weighted by Gasteiger charge is 2.11. The van der Waals surface area contributed by atoms with Crippen LogP contribution < -0.4 is 16.6 Å². The first-order valence-electron chi connectivity index (χ1n) is 4.80. The predicted molar refractivity (Wildman–Crippen MR) is 59.4 cm³/mol. The number of rotatable bonds is 3. The quantitative estimate of drug-likeness (QED) is 0.444. The fraction of sp³-hybridized carbons (Fsp3) is 0. The second-order valence-corrected chi connectivity index (χ2v) is 3.31. The third-order valence-corrected chi connectivity index (χ3v) is 2.04. The van der Waals surface area contributed by atoms with E-state index in [1.54, 1.807) is 0 Å². The predicted octanol–water partition coefficient (Wildman–Crippen LogP) is 1.92. The Labute approximate surface area is 99.8 Å². The Morgan fingerprint density at radius 2 is 1.78 bits per heavy atom. The first-order chi connectivity index (χ1) is 8.60. The summed E-state index contributed by atoms with van der Waals surface area (Å²) >= 11 is 0. The van der Waals surface area contributed by atoms with Gasteiger partial charge in [0.25, 0.3) is 0 Å². The first kappa shape index (κ1) is 12.1. The number of benzene rings is 1. The van der Waals surface area contributed by atoms with E-state index in [1.807, 2.05) is 0 Å². The molecule has 2 rings (SSSR count). The van der Waals surface area contributed by atoms with Gasteiger partial charge in [0.2, 0.25) is 0 Å². The lowest BCUT2D eigenvalue weighted by atomic mass is 10.3. The minimum Gasteiger partial charge on any atom is -0.336 e. The first-order valence-corrected chi connectivity index (χ1v) is 4.80. The highest BCUT2D eigenvalue weighted by atomic mass is 19.2. The molecule has 8 heteroatoms. The van der Waals surface area contributed by atoms with E-state index in [0.29, 0.717) is 6.07 Å². The summed E-state index contributed by atoms with van der Waals surface area (Å²) in [7, 11) is 0. The fourth-order valence-electron chi connectivity index (χ4n) is 1.28. The molecule has 0 aliphatic rings. The number of aromatic nitrogens is 2. The van der Waals surface area contributed by atoms with Gasteiger partial charge in [-0.2, -0.15) is 0 Å². The SMILES string of the molecule is NNc1cncc(Nc2cc(F)cc(F)c2F)n1. The summed E-state index contributed by atoms with van der Waals surface area (Å²) in [5, 5.41) is 2.40. The molecule has 1 heterocycles. The summed E-state index contributed by atoms with van der Waals surface area (Å²) < 4.78 is 39.3. The Bertz CT molecular complexity index is 575. The Kier molecular flexibility index (Phi) is 3.28. The van der Waals surface area contributed by atoms with Gasteiger partial charge in [0.05, 0.1) is 18.1 Å². The number of nitrogen functional groups attached to an aromatic ring is 1. The summed E-state index contributed by atoms with van der Waals surface area (Å²) in [4.78, 5) is 7.61. The minimum atomic E-state index is -1.29. The number of halogens is 3. The van der Waals surface area contributed by atoms with Crippen molar-refractivity contribution < 1.29 is 13.2 Å². The maximum absolute atomic E-state index is 13.4. The topological polar surface area (TPSA) is 75.9 Å². The van der Waals surface area contributed by atoms with Gasteiger partial charge in [-0.25, -0.2) is 24.0 Å². The van der Waals surface area contributed by atoms with Crippen molar-refractivity contribution >= 4 is 17.3 Å². The molecule has 18 heavy (non-hydrogen) atoms. The molecule has 0 spiro atoms. The molecule has 0 saturated heterocycles. The Morgan fingerprint density at radius 1 is 1.06 bits per heavy atom. The van der Waals surface area contributed by atoms with Gasteiger partial charge in [0.1, 0.15) is 5.82 Å². The summed E-state index contributed by atoms with van der Waals surface area (Å²) in [6, 6.07) is 1.26. The van der Waals surface area contributed by atoms with Gasteiger partial charge in [-0.15, -0.1) is 0 Å². The second-order valence-electron chi connectivity index (χ2n) is 3.31. The van der Waals surface area contributed by atoms with Crippen molar-refractivity contribution in [2.24, 2.45) is 5.84 Å². The lowest BCUT2D eigenvalue weighted by Gasteiger charge is -2.08. The fourth-order valence-corrected chi connectivity index (χ4v) is 1.28. The van der Waals surface area contributed by atoms with Crippen molar-refractivity contribution in [1.29, 1.82) is 0 Å². The standard InChI is InChI=1S/C10H8F3N5/c11-5-1-6(12)10(13)7(2-5)16-8-3-15-4-9(17-8)18-14/h1-4H,14H2,(H2,16,17,18). The van der Waals surface area contributed by atoms with Gasteiger partial charge in [-0.05, 0) is 0 Å². The zero-order valence-electron chi connectivity index (χ0n) is 8.92. The molecule has 0 unspecified atom stereocenters.